The van der Waals surface area contributed by atoms with E-state index >= 15 is 0 Å². The van der Waals surface area contributed by atoms with Crippen LogP contribution in [-0.4, -0.2) is 35.0 Å². The van der Waals surface area contributed by atoms with E-state index in [1.54, 1.807) is 31.2 Å². The predicted molar refractivity (Wildman–Crippen MR) is 59.8 cm³/mol. The van der Waals surface area contributed by atoms with E-state index < -0.39 is 7.32 Å². The summed E-state index contributed by atoms with van der Waals surface area (Å²) >= 11 is 5.68. The van der Waals surface area contributed by atoms with Crippen molar-refractivity contribution in [3.8, 4) is 0 Å². The highest BCUT2D eigenvalue weighted by Gasteiger charge is 2.04. The van der Waals surface area contributed by atoms with E-state index in [1.807, 2.05) is 0 Å². The number of carbonyl (C=O) groups is 1. The lowest BCUT2D eigenvalue weighted by Gasteiger charge is -2.00. The number of hydrogen-bond acceptors (Lipinski definition) is 5. The van der Waals surface area contributed by atoms with Crippen molar-refractivity contribution in [1.29, 1.82) is 0 Å². The van der Waals surface area contributed by atoms with Crippen LogP contribution in [0, 0.1) is 0 Å². The zero-order chi connectivity index (χ0) is 12.6. The molecule has 0 spiro atoms. The van der Waals surface area contributed by atoms with E-state index in [0.29, 0.717) is 17.2 Å². The molecule has 3 N–H and O–H groups in total. The number of rotatable bonds is 2. The summed E-state index contributed by atoms with van der Waals surface area (Å²) in [6, 6.07) is 6.68. The van der Waals surface area contributed by atoms with Gasteiger partial charge in [0.2, 0.25) is 0 Å². The number of halogens is 1. The molecule has 0 atom stereocenters. The minimum Gasteiger partial charge on any atom is -0.462 e. The van der Waals surface area contributed by atoms with Crippen LogP contribution in [0.2, 0.25) is 5.02 Å². The molecule has 0 saturated heterocycles. The molecule has 1 aromatic rings. The van der Waals surface area contributed by atoms with Crippen LogP contribution in [0.4, 0.5) is 0 Å². The molecule has 0 saturated carbocycles. The molecule has 16 heavy (non-hydrogen) atoms. The van der Waals surface area contributed by atoms with Gasteiger partial charge in [-0.05, 0) is 25.1 Å². The summed E-state index contributed by atoms with van der Waals surface area (Å²) < 4.78 is 4.79. The fourth-order valence-corrected chi connectivity index (χ4v) is 1.02. The van der Waals surface area contributed by atoms with Crippen LogP contribution < -0.4 is 0 Å². The summed E-state index contributed by atoms with van der Waals surface area (Å²) in [5.74, 6) is -0.333. The van der Waals surface area contributed by atoms with Crippen LogP contribution >= 0.6 is 11.6 Å². The van der Waals surface area contributed by atoms with Crippen LogP contribution in [0.15, 0.2) is 24.3 Å². The zero-order valence-corrected chi connectivity index (χ0v) is 9.39. The molecular weight excluding hydrogens is 234 g/mol. The number of carbonyl (C=O) groups excluding carboxylic acids is 1. The van der Waals surface area contributed by atoms with Crippen molar-refractivity contribution < 1.29 is 24.6 Å². The number of esters is 1. The summed E-state index contributed by atoms with van der Waals surface area (Å²) in [6.45, 7) is 2.15. The molecule has 0 heterocycles. The topological polar surface area (TPSA) is 87.0 Å². The van der Waals surface area contributed by atoms with E-state index in [4.69, 9.17) is 31.4 Å². The quantitative estimate of drug-likeness (QED) is 0.521. The van der Waals surface area contributed by atoms with Crippen molar-refractivity contribution in [3.05, 3.63) is 34.9 Å². The zero-order valence-electron chi connectivity index (χ0n) is 8.63. The van der Waals surface area contributed by atoms with Gasteiger partial charge in [-0.3, -0.25) is 0 Å². The lowest BCUT2D eigenvalue weighted by Crippen LogP contribution is -2.07. The van der Waals surface area contributed by atoms with Crippen LogP contribution in [0.1, 0.15) is 17.3 Å². The Balaban J connectivity index is 0.000000487. The van der Waals surface area contributed by atoms with Crippen molar-refractivity contribution in [2.45, 2.75) is 6.92 Å². The molecule has 0 fully saturated rings. The molecule has 0 aromatic heterocycles. The van der Waals surface area contributed by atoms with Gasteiger partial charge >= 0.3 is 13.3 Å². The van der Waals surface area contributed by atoms with Crippen molar-refractivity contribution >= 4 is 24.9 Å². The summed E-state index contributed by atoms with van der Waals surface area (Å²) in [5.41, 5.74) is 0.490. The van der Waals surface area contributed by atoms with E-state index in [9.17, 15) is 4.79 Å². The van der Waals surface area contributed by atoms with E-state index in [-0.39, 0.29) is 5.97 Å². The predicted octanol–water partition coefficient (Wildman–Crippen LogP) is 0.465. The van der Waals surface area contributed by atoms with Crippen molar-refractivity contribution in [3.63, 3.8) is 0 Å². The lowest BCUT2D eigenvalue weighted by molar-refractivity contribution is 0.0526. The van der Waals surface area contributed by atoms with Gasteiger partial charge in [-0.25, -0.2) is 4.79 Å². The average Bonchev–Trinajstić information content (AvgIpc) is 2.17. The van der Waals surface area contributed by atoms with Gasteiger partial charge in [-0.1, -0.05) is 17.7 Å². The Morgan fingerprint density at radius 1 is 1.44 bits per heavy atom. The first kappa shape index (κ1) is 14.9. The molecule has 7 heteroatoms. The Hall–Kier alpha value is -1.08. The molecule has 0 aliphatic carbocycles. The highest BCUT2D eigenvalue weighted by atomic mass is 35.5. The Morgan fingerprint density at radius 2 is 2.00 bits per heavy atom. The van der Waals surface area contributed by atoms with Gasteiger partial charge in [0, 0.05) is 5.02 Å². The van der Waals surface area contributed by atoms with E-state index in [1.165, 1.54) is 0 Å². The third-order valence-corrected chi connectivity index (χ3v) is 1.57. The molecule has 1 aromatic carbocycles. The molecule has 0 amide bonds. The first-order valence-corrected chi connectivity index (χ1v) is 4.82. The van der Waals surface area contributed by atoms with Crippen molar-refractivity contribution in [2.24, 2.45) is 0 Å². The molecule has 0 bridgehead atoms. The second kappa shape index (κ2) is 8.12. The normalized spacial score (nSPS) is 8.81. The Bertz CT molecular complexity index is 329. The van der Waals surface area contributed by atoms with Gasteiger partial charge in [-0.2, -0.15) is 0 Å². The first-order valence-electron chi connectivity index (χ1n) is 4.44. The third-order valence-electron chi connectivity index (χ3n) is 1.34. The maximum atomic E-state index is 11.1. The highest BCUT2D eigenvalue weighted by molar-refractivity contribution is 6.31. The summed E-state index contributed by atoms with van der Waals surface area (Å²) in [6.07, 6.45) is 0. The SMILES string of the molecule is CCOC(=O)c1cccc(Cl)c1.OB(O)O. The molecule has 0 radical (unpaired) electrons. The van der Waals surface area contributed by atoms with E-state index in [0.717, 1.165) is 0 Å². The highest BCUT2D eigenvalue weighted by Crippen LogP contribution is 2.11. The van der Waals surface area contributed by atoms with Gasteiger partial charge in [-0.15, -0.1) is 0 Å². The molecule has 0 unspecified atom stereocenters. The second-order valence-electron chi connectivity index (χ2n) is 2.58. The molecule has 88 valence electrons. The van der Waals surface area contributed by atoms with Crippen molar-refractivity contribution in [2.75, 3.05) is 6.61 Å². The molecule has 1 rings (SSSR count). The Morgan fingerprint density at radius 3 is 2.44 bits per heavy atom. The monoisotopic (exact) mass is 246 g/mol. The lowest BCUT2D eigenvalue weighted by atomic mass is 10.2. The van der Waals surface area contributed by atoms with E-state index in [2.05, 4.69) is 0 Å². The minimum absolute atomic E-state index is 0.333. The third kappa shape index (κ3) is 7.25. The minimum atomic E-state index is -2.17. The average molecular weight is 246 g/mol. The van der Waals surface area contributed by atoms with Crippen LogP contribution in [0.5, 0.6) is 0 Å². The standard InChI is InChI=1S/C9H9ClO2.BH3O3/c1-2-12-9(11)7-4-3-5-8(10)6-7;2-1(3)4/h3-6H,2H2,1H3;2-4H. The summed E-state index contributed by atoms with van der Waals surface area (Å²) in [5, 5.41) is 22.0. The number of benzene rings is 1. The smallest absolute Gasteiger partial charge is 0.462 e. The molecular formula is C9H12BClO5. The van der Waals surface area contributed by atoms with Gasteiger partial charge in [0.1, 0.15) is 0 Å². The summed E-state index contributed by atoms with van der Waals surface area (Å²) in [7, 11) is -2.17. The van der Waals surface area contributed by atoms with Crippen molar-refractivity contribution in [1.82, 2.24) is 0 Å². The molecule has 0 aliphatic rings. The fourth-order valence-electron chi connectivity index (χ4n) is 0.830. The largest absolute Gasteiger partial charge is 0.631 e. The van der Waals surface area contributed by atoms with Crippen LogP contribution in [0.25, 0.3) is 0 Å². The second-order valence-corrected chi connectivity index (χ2v) is 3.01. The maximum Gasteiger partial charge on any atom is 0.631 e. The fraction of sp³-hybridized carbons (Fsp3) is 0.222. The maximum absolute atomic E-state index is 11.1. The first-order chi connectivity index (χ1) is 7.47. The van der Waals surface area contributed by atoms with Crippen LogP contribution in [0.3, 0.4) is 0 Å². The molecule has 0 aliphatic heterocycles. The van der Waals surface area contributed by atoms with Gasteiger partial charge in [0.15, 0.2) is 0 Å². The summed E-state index contributed by atoms with van der Waals surface area (Å²) in [4.78, 5) is 11.1. The van der Waals surface area contributed by atoms with Gasteiger partial charge in [0.25, 0.3) is 0 Å². The van der Waals surface area contributed by atoms with Gasteiger partial charge < -0.3 is 19.8 Å². The van der Waals surface area contributed by atoms with Crippen LogP contribution in [-0.2, 0) is 4.74 Å². The Labute approximate surface area is 98.4 Å². The van der Waals surface area contributed by atoms with Gasteiger partial charge in [0.05, 0.1) is 12.2 Å². The number of hydrogen-bond donors (Lipinski definition) is 3. The Kier molecular flexibility index (Phi) is 7.58. The number of ether oxygens (including phenoxy) is 1. The molecule has 5 nitrogen and oxygen atoms in total.